The van der Waals surface area contributed by atoms with Gasteiger partial charge in [0.15, 0.2) is 6.61 Å². The summed E-state index contributed by atoms with van der Waals surface area (Å²) in [6, 6.07) is 9.09. The lowest BCUT2D eigenvalue weighted by Gasteiger charge is -2.17. The van der Waals surface area contributed by atoms with E-state index in [1.165, 1.54) is 30.7 Å². The van der Waals surface area contributed by atoms with Gasteiger partial charge >= 0.3 is 0 Å². The Morgan fingerprint density at radius 1 is 1.21 bits per heavy atom. The van der Waals surface area contributed by atoms with E-state index in [9.17, 15) is 18.7 Å². The first-order chi connectivity index (χ1) is 15.3. The summed E-state index contributed by atoms with van der Waals surface area (Å²) in [4.78, 5) is 17.2. The highest BCUT2D eigenvalue weighted by Gasteiger charge is 2.27. The molecule has 2 aromatic carbocycles. The maximum absolute atomic E-state index is 15.1. The second kappa shape index (κ2) is 8.90. The van der Waals surface area contributed by atoms with Crippen LogP contribution in [0.1, 0.15) is 42.5 Å². The molecular formula is C24H26F3N3O3. The Morgan fingerprint density at radius 2 is 1.88 bits per heavy atom. The van der Waals surface area contributed by atoms with E-state index in [2.05, 4.69) is 10.3 Å². The largest absolute Gasteiger partial charge is 0.486 e. The third-order valence-corrected chi connectivity index (χ3v) is 4.89. The van der Waals surface area contributed by atoms with Crippen molar-refractivity contribution in [2.45, 2.75) is 39.2 Å². The lowest BCUT2D eigenvalue weighted by molar-refractivity contribution is -0.0231. The quantitative estimate of drug-likeness (QED) is 0.516. The number of carbonyl (C=O) groups excluding carboxylic acids is 1. The van der Waals surface area contributed by atoms with E-state index in [0.29, 0.717) is 12.6 Å². The number of aryl methyl sites for hydroxylation is 2. The van der Waals surface area contributed by atoms with E-state index in [-0.39, 0.29) is 28.4 Å². The van der Waals surface area contributed by atoms with Gasteiger partial charge in [-0.05, 0) is 44.5 Å². The molecule has 0 spiro atoms. The highest BCUT2D eigenvalue weighted by atomic mass is 19.3. The number of nitrogens with zero attached hydrogens (tertiary/aromatic N) is 2. The first-order valence-electron chi connectivity index (χ1n) is 10.2. The predicted molar refractivity (Wildman–Crippen MR) is 119 cm³/mol. The summed E-state index contributed by atoms with van der Waals surface area (Å²) < 4.78 is 48.9. The van der Waals surface area contributed by atoms with E-state index < -0.39 is 29.9 Å². The maximum atomic E-state index is 15.1. The van der Waals surface area contributed by atoms with Crippen molar-refractivity contribution in [3.63, 3.8) is 0 Å². The molecule has 33 heavy (non-hydrogen) atoms. The van der Waals surface area contributed by atoms with Gasteiger partial charge in [-0.3, -0.25) is 4.79 Å². The van der Waals surface area contributed by atoms with Gasteiger partial charge in [0.05, 0.1) is 11.3 Å². The fourth-order valence-electron chi connectivity index (χ4n) is 3.32. The van der Waals surface area contributed by atoms with Gasteiger partial charge in [-0.1, -0.05) is 18.2 Å². The number of nitrogens with one attached hydrogen (secondary N) is 1. The standard InChI is InChI=1S/C24H26F3N3O3/c1-14-8-6-7-9-18(14)28-21(31)16-10-17(25)15(11-20(16)33-13-24(4,26)27)19-12-30(5)22(29-19)23(2,3)32/h6-12,32H,13H2,1-5H3,(H,28,31). The van der Waals surface area contributed by atoms with Crippen LogP contribution in [0.4, 0.5) is 18.9 Å². The van der Waals surface area contributed by atoms with Crippen molar-refractivity contribution in [3.05, 3.63) is 65.4 Å². The average molecular weight is 461 g/mol. The number of para-hydroxylation sites is 1. The third-order valence-electron chi connectivity index (χ3n) is 4.89. The summed E-state index contributed by atoms with van der Waals surface area (Å²) in [6.07, 6.45) is 1.50. The van der Waals surface area contributed by atoms with Crippen LogP contribution < -0.4 is 10.1 Å². The average Bonchev–Trinajstić information content (AvgIpc) is 3.09. The van der Waals surface area contributed by atoms with E-state index in [1.807, 2.05) is 0 Å². The number of benzene rings is 2. The molecule has 1 aromatic heterocycles. The van der Waals surface area contributed by atoms with Gasteiger partial charge in [-0.25, -0.2) is 18.2 Å². The van der Waals surface area contributed by atoms with Crippen molar-refractivity contribution in [2.24, 2.45) is 7.05 Å². The van der Waals surface area contributed by atoms with Crippen molar-refractivity contribution in [2.75, 3.05) is 11.9 Å². The highest BCUT2D eigenvalue weighted by molar-refractivity contribution is 6.07. The topological polar surface area (TPSA) is 76.4 Å². The fourth-order valence-corrected chi connectivity index (χ4v) is 3.32. The van der Waals surface area contributed by atoms with E-state index in [4.69, 9.17) is 4.74 Å². The Bertz CT molecular complexity index is 1180. The molecule has 9 heteroatoms. The van der Waals surface area contributed by atoms with Gasteiger partial charge in [0.25, 0.3) is 11.8 Å². The molecule has 0 aliphatic heterocycles. The van der Waals surface area contributed by atoms with Gasteiger partial charge in [0, 0.05) is 31.4 Å². The molecule has 0 atom stereocenters. The molecule has 2 N–H and O–H groups in total. The highest BCUT2D eigenvalue weighted by Crippen LogP contribution is 2.33. The van der Waals surface area contributed by atoms with Gasteiger partial charge in [0.2, 0.25) is 0 Å². The van der Waals surface area contributed by atoms with Crippen LogP contribution in [0.3, 0.4) is 0 Å². The number of rotatable bonds is 7. The monoisotopic (exact) mass is 461 g/mol. The Morgan fingerprint density at radius 3 is 2.45 bits per heavy atom. The van der Waals surface area contributed by atoms with Crippen molar-refractivity contribution in [3.8, 4) is 17.0 Å². The summed E-state index contributed by atoms with van der Waals surface area (Å²) in [7, 11) is 1.64. The Balaban J connectivity index is 2.06. The molecule has 0 saturated heterocycles. The van der Waals surface area contributed by atoms with E-state index >= 15 is 4.39 Å². The molecule has 0 aliphatic carbocycles. The minimum atomic E-state index is -3.17. The Kier molecular flexibility index (Phi) is 6.56. The normalized spacial score (nSPS) is 12.0. The number of carbonyl (C=O) groups is 1. The molecule has 3 aromatic rings. The number of alkyl halides is 2. The maximum Gasteiger partial charge on any atom is 0.278 e. The number of aliphatic hydroxyl groups is 1. The number of amides is 1. The first kappa shape index (κ1) is 24.3. The second-order valence-electron chi connectivity index (χ2n) is 8.58. The lowest BCUT2D eigenvalue weighted by Crippen LogP contribution is -2.23. The molecule has 176 valence electrons. The van der Waals surface area contributed by atoms with Crippen LogP contribution in [-0.2, 0) is 12.6 Å². The summed E-state index contributed by atoms with van der Waals surface area (Å²) in [5.41, 5.74) is -0.145. The molecule has 3 rings (SSSR count). The molecule has 0 fully saturated rings. The summed E-state index contributed by atoms with van der Waals surface area (Å²) in [5.74, 6) is -4.60. The molecule has 1 heterocycles. The molecule has 0 bridgehead atoms. The molecule has 0 unspecified atom stereocenters. The summed E-state index contributed by atoms with van der Waals surface area (Å²) in [6.45, 7) is 4.53. The SMILES string of the molecule is Cc1ccccc1NC(=O)c1cc(F)c(-c2cn(C)c(C(C)(C)O)n2)cc1OCC(C)(F)F. The molecular weight excluding hydrogens is 435 g/mol. The van der Waals surface area contributed by atoms with Crippen LogP contribution in [0.25, 0.3) is 11.3 Å². The Hall–Kier alpha value is -3.33. The van der Waals surface area contributed by atoms with Gasteiger partial charge in [0.1, 0.15) is 23.0 Å². The summed E-state index contributed by atoms with van der Waals surface area (Å²) in [5, 5.41) is 12.9. The number of hydrogen-bond acceptors (Lipinski definition) is 4. The van der Waals surface area contributed by atoms with Crippen LogP contribution in [0.5, 0.6) is 5.75 Å². The number of ether oxygens (including phenoxy) is 1. The molecule has 0 saturated carbocycles. The van der Waals surface area contributed by atoms with Crippen LogP contribution in [0.15, 0.2) is 42.6 Å². The van der Waals surface area contributed by atoms with E-state index in [1.54, 1.807) is 38.2 Å². The fraction of sp³-hybridized carbons (Fsp3) is 0.333. The lowest BCUT2D eigenvalue weighted by atomic mass is 10.1. The van der Waals surface area contributed by atoms with Crippen LogP contribution >= 0.6 is 0 Å². The number of hydrogen-bond donors (Lipinski definition) is 2. The molecule has 6 nitrogen and oxygen atoms in total. The van der Waals surface area contributed by atoms with Crippen molar-refractivity contribution >= 4 is 11.6 Å². The number of aromatic nitrogens is 2. The van der Waals surface area contributed by atoms with Gasteiger partial charge in [-0.15, -0.1) is 0 Å². The summed E-state index contributed by atoms with van der Waals surface area (Å²) >= 11 is 0. The molecule has 1 amide bonds. The predicted octanol–water partition coefficient (Wildman–Crippen LogP) is 5.05. The smallest absolute Gasteiger partial charge is 0.278 e. The minimum Gasteiger partial charge on any atom is -0.486 e. The second-order valence-corrected chi connectivity index (χ2v) is 8.58. The number of anilines is 1. The van der Waals surface area contributed by atoms with Crippen molar-refractivity contribution < 1.29 is 27.8 Å². The first-order valence-corrected chi connectivity index (χ1v) is 10.2. The van der Waals surface area contributed by atoms with Crippen LogP contribution in [0.2, 0.25) is 0 Å². The zero-order valence-corrected chi connectivity index (χ0v) is 19.0. The Labute approximate surface area is 190 Å². The minimum absolute atomic E-state index is 0.0528. The molecule has 0 radical (unpaired) electrons. The molecule has 0 aliphatic rings. The van der Waals surface area contributed by atoms with Crippen LogP contribution in [-0.4, -0.2) is 33.1 Å². The van der Waals surface area contributed by atoms with Crippen molar-refractivity contribution in [1.29, 1.82) is 0 Å². The number of halogens is 3. The number of imidazole rings is 1. The zero-order chi connectivity index (χ0) is 24.6. The van der Waals surface area contributed by atoms with Crippen LogP contribution in [0, 0.1) is 12.7 Å². The van der Waals surface area contributed by atoms with E-state index in [0.717, 1.165) is 11.6 Å². The zero-order valence-electron chi connectivity index (χ0n) is 19.0. The van der Waals surface area contributed by atoms with Crippen molar-refractivity contribution in [1.82, 2.24) is 9.55 Å². The van der Waals surface area contributed by atoms with Gasteiger partial charge < -0.3 is 19.7 Å². The van der Waals surface area contributed by atoms with Gasteiger partial charge in [-0.2, -0.15) is 0 Å². The third kappa shape index (κ3) is 5.73.